The Labute approximate surface area is 142 Å². The predicted octanol–water partition coefficient (Wildman–Crippen LogP) is 6.60. The van der Waals surface area contributed by atoms with Gasteiger partial charge in [0.25, 0.3) is 0 Å². The standard InChI is InChI=1S/C21H22P2/c1-5-15-19(13-9-7-11-17(13)22-15)21(3,4)20-14-10-8-12-18(14)23-16(20)6-2/h7-12H,5-6H2,1-4H3. The molecule has 2 heteroatoms. The highest BCUT2D eigenvalue weighted by molar-refractivity contribution is 7.47. The van der Waals surface area contributed by atoms with Crippen LogP contribution in [0.2, 0.25) is 0 Å². The molecule has 4 aliphatic rings. The van der Waals surface area contributed by atoms with E-state index in [1.54, 1.807) is 21.7 Å². The van der Waals surface area contributed by atoms with Gasteiger partial charge in [0.05, 0.1) is 0 Å². The zero-order valence-electron chi connectivity index (χ0n) is 14.3. The summed E-state index contributed by atoms with van der Waals surface area (Å²) in [6.45, 7) is 9.50. The van der Waals surface area contributed by atoms with E-state index in [4.69, 9.17) is 0 Å². The highest BCUT2D eigenvalue weighted by Gasteiger charge is 2.40. The zero-order valence-corrected chi connectivity index (χ0v) is 16.1. The molecule has 4 rings (SSSR count). The molecule has 0 aromatic rings. The van der Waals surface area contributed by atoms with Crippen molar-refractivity contribution in [3.05, 3.63) is 69.4 Å². The van der Waals surface area contributed by atoms with Gasteiger partial charge in [0, 0.05) is 16.0 Å². The molecule has 0 fully saturated rings. The van der Waals surface area contributed by atoms with E-state index in [0.717, 1.165) is 12.8 Å². The van der Waals surface area contributed by atoms with Gasteiger partial charge < -0.3 is 0 Å². The first-order valence-corrected chi connectivity index (χ1v) is 10.3. The summed E-state index contributed by atoms with van der Waals surface area (Å²) in [7, 11) is 2.86. The van der Waals surface area contributed by atoms with Crippen LogP contribution >= 0.6 is 16.4 Å². The summed E-state index contributed by atoms with van der Waals surface area (Å²) >= 11 is 0. The number of hydrogen-bond donors (Lipinski definition) is 0. The lowest BCUT2D eigenvalue weighted by Gasteiger charge is -2.33. The number of hydrogen-bond acceptors (Lipinski definition) is 0. The largest absolute Gasteiger partial charge is 0.0639 e. The second-order valence-corrected chi connectivity index (χ2v) is 9.34. The summed E-state index contributed by atoms with van der Waals surface area (Å²) < 4.78 is 0. The maximum Gasteiger partial charge on any atom is 0.0171 e. The smallest absolute Gasteiger partial charge is 0.0171 e. The first-order chi connectivity index (χ1) is 11.1. The zero-order chi connectivity index (χ0) is 16.2. The first-order valence-electron chi connectivity index (χ1n) is 8.50. The van der Waals surface area contributed by atoms with Crippen LogP contribution in [0.5, 0.6) is 0 Å². The van der Waals surface area contributed by atoms with Crippen molar-refractivity contribution in [1.29, 1.82) is 0 Å². The Morgan fingerprint density at radius 2 is 1.22 bits per heavy atom. The van der Waals surface area contributed by atoms with Gasteiger partial charge in [-0.15, -0.1) is 0 Å². The molecular weight excluding hydrogens is 314 g/mol. The molecule has 0 unspecified atom stereocenters. The van der Waals surface area contributed by atoms with E-state index in [-0.39, 0.29) is 5.41 Å². The van der Waals surface area contributed by atoms with E-state index in [2.05, 4.69) is 64.2 Å². The van der Waals surface area contributed by atoms with Crippen molar-refractivity contribution in [3.8, 4) is 0 Å². The lowest BCUT2D eigenvalue weighted by Crippen LogP contribution is -2.27. The third-order valence-electron chi connectivity index (χ3n) is 5.13. The van der Waals surface area contributed by atoms with Crippen LogP contribution in [0.4, 0.5) is 0 Å². The molecule has 0 N–H and O–H groups in total. The molecule has 0 atom stereocenters. The van der Waals surface area contributed by atoms with Crippen LogP contribution in [0.25, 0.3) is 0 Å². The van der Waals surface area contributed by atoms with E-state index in [9.17, 15) is 0 Å². The van der Waals surface area contributed by atoms with Crippen molar-refractivity contribution in [2.75, 3.05) is 0 Å². The van der Waals surface area contributed by atoms with E-state index < -0.39 is 0 Å². The fourth-order valence-electron chi connectivity index (χ4n) is 4.18. The van der Waals surface area contributed by atoms with E-state index >= 15 is 0 Å². The first kappa shape index (κ1) is 15.3. The molecule has 2 heterocycles. The van der Waals surface area contributed by atoms with E-state index in [1.165, 1.54) is 38.2 Å². The number of fused-ring (bicyclic) bond motifs is 2. The SMILES string of the molecule is CCC1=PC2=CC=CC2=C1C(C)(C)C1=C2C=CC=C2P=C1CC. The molecule has 2 aliphatic carbocycles. The Morgan fingerprint density at radius 3 is 1.61 bits per heavy atom. The minimum absolute atomic E-state index is 0.0793. The van der Waals surface area contributed by atoms with Gasteiger partial charge in [-0.05, 0) is 57.9 Å². The second-order valence-electron chi connectivity index (χ2n) is 6.85. The minimum Gasteiger partial charge on any atom is -0.0639 e. The van der Waals surface area contributed by atoms with Crippen LogP contribution in [0, 0.1) is 5.41 Å². The summed E-state index contributed by atoms with van der Waals surface area (Å²) in [6, 6.07) is 0. The Morgan fingerprint density at radius 1 is 0.783 bits per heavy atom. The summed E-state index contributed by atoms with van der Waals surface area (Å²) in [5.74, 6) is 0. The summed E-state index contributed by atoms with van der Waals surface area (Å²) in [5, 5.41) is 6.23. The predicted molar refractivity (Wildman–Crippen MR) is 107 cm³/mol. The second kappa shape index (κ2) is 5.41. The van der Waals surface area contributed by atoms with Crippen molar-refractivity contribution in [2.24, 2.45) is 5.41 Å². The number of allylic oxidation sites excluding steroid dienone is 12. The van der Waals surface area contributed by atoms with E-state index in [1.807, 2.05) is 0 Å². The van der Waals surface area contributed by atoms with Crippen LogP contribution in [-0.4, -0.2) is 10.6 Å². The monoisotopic (exact) mass is 336 g/mol. The van der Waals surface area contributed by atoms with Crippen LogP contribution in [-0.2, 0) is 0 Å². The van der Waals surface area contributed by atoms with Crippen molar-refractivity contribution >= 4 is 27.0 Å². The van der Waals surface area contributed by atoms with Gasteiger partial charge >= 0.3 is 0 Å². The van der Waals surface area contributed by atoms with Crippen molar-refractivity contribution in [1.82, 2.24) is 0 Å². The lowest BCUT2D eigenvalue weighted by atomic mass is 9.70. The van der Waals surface area contributed by atoms with Crippen molar-refractivity contribution in [3.63, 3.8) is 0 Å². The Kier molecular flexibility index (Phi) is 3.60. The molecule has 2 aliphatic heterocycles. The van der Waals surface area contributed by atoms with Gasteiger partial charge in [-0.1, -0.05) is 68.4 Å². The fourth-order valence-corrected chi connectivity index (χ4v) is 7.04. The molecule has 0 bridgehead atoms. The third-order valence-corrected chi connectivity index (χ3v) is 8.01. The molecule has 0 aromatic carbocycles. The van der Waals surface area contributed by atoms with Gasteiger partial charge in [-0.25, -0.2) is 0 Å². The maximum atomic E-state index is 2.44. The minimum atomic E-state index is 0.0793. The average Bonchev–Trinajstić information content (AvgIpc) is 3.24. The quantitative estimate of drug-likeness (QED) is 0.508. The van der Waals surface area contributed by atoms with Gasteiger partial charge in [0.1, 0.15) is 0 Å². The van der Waals surface area contributed by atoms with Crippen LogP contribution in [0.3, 0.4) is 0 Å². The van der Waals surface area contributed by atoms with Gasteiger partial charge in [0.2, 0.25) is 0 Å². The summed E-state index contributed by atoms with van der Waals surface area (Å²) in [4.78, 5) is 0. The molecule has 0 nitrogen and oxygen atoms in total. The van der Waals surface area contributed by atoms with Crippen molar-refractivity contribution in [2.45, 2.75) is 40.5 Å². The molecule has 0 aromatic heterocycles. The Balaban J connectivity index is 1.92. The van der Waals surface area contributed by atoms with Crippen LogP contribution in [0.15, 0.2) is 69.4 Å². The molecule has 0 saturated carbocycles. The molecule has 0 spiro atoms. The Bertz CT molecular complexity index is 776. The summed E-state index contributed by atoms with van der Waals surface area (Å²) in [5.41, 5.74) is 6.25. The maximum absolute atomic E-state index is 2.44. The molecule has 0 saturated heterocycles. The van der Waals surface area contributed by atoms with Crippen molar-refractivity contribution < 1.29 is 0 Å². The molecule has 0 amide bonds. The average molecular weight is 336 g/mol. The Hall–Kier alpha value is -1.22. The number of rotatable bonds is 4. The molecule has 116 valence electrons. The highest BCUT2D eigenvalue weighted by Crippen LogP contribution is 2.54. The van der Waals surface area contributed by atoms with Gasteiger partial charge in [-0.3, -0.25) is 0 Å². The van der Waals surface area contributed by atoms with Crippen LogP contribution in [0.1, 0.15) is 40.5 Å². The fraction of sp³-hybridized carbons (Fsp3) is 0.333. The topological polar surface area (TPSA) is 0 Å². The third kappa shape index (κ3) is 2.12. The highest BCUT2D eigenvalue weighted by atomic mass is 31.1. The lowest BCUT2D eigenvalue weighted by molar-refractivity contribution is 0.577. The molecule has 0 radical (unpaired) electrons. The van der Waals surface area contributed by atoms with Crippen LogP contribution < -0.4 is 0 Å². The summed E-state index contributed by atoms with van der Waals surface area (Å²) in [6.07, 6.45) is 16.0. The normalized spacial score (nSPS) is 23.1. The van der Waals surface area contributed by atoms with Gasteiger partial charge in [-0.2, -0.15) is 0 Å². The van der Waals surface area contributed by atoms with Gasteiger partial charge in [0.15, 0.2) is 0 Å². The van der Waals surface area contributed by atoms with E-state index in [0.29, 0.717) is 0 Å². The molecule has 23 heavy (non-hydrogen) atoms. The molecular formula is C21H22P2.